The Hall–Kier alpha value is -4.91. The molecule has 238 valence electrons. The Bertz CT molecular complexity index is 1670. The molecule has 0 aliphatic carbocycles. The quantitative estimate of drug-likeness (QED) is 0.133. The zero-order chi connectivity index (χ0) is 32.9. The van der Waals surface area contributed by atoms with E-state index in [1.165, 1.54) is 12.1 Å². The van der Waals surface area contributed by atoms with Crippen molar-refractivity contribution in [2.75, 3.05) is 13.1 Å². The number of nitrogens with two attached hydrogens (primary N) is 2. The molecule has 13 nitrogen and oxygen atoms in total. The number of fused-ring (bicyclic) bond motifs is 1. The minimum absolute atomic E-state index is 0.0543. The van der Waals surface area contributed by atoms with E-state index in [4.69, 9.17) is 16.2 Å². The number of ether oxygens (including phenoxy) is 1. The molecule has 0 radical (unpaired) electrons. The first kappa shape index (κ1) is 30.1. The molecule has 1 saturated heterocycles. The van der Waals surface area contributed by atoms with E-state index in [9.17, 15) is 50.9 Å². The molecule has 2 amide bonds. The third kappa shape index (κ3) is 4.36. The fourth-order valence-electron chi connectivity index (χ4n) is 6.09. The van der Waals surface area contributed by atoms with Crippen LogP contribution >= 0.6 is 0 Å². The minimum atomic E-state index is -5.28. The second-order valence-corrected chi connectivity index (χ2v) is 10.7. The molecule has 4 aliphatic rings. The van der Waals surface area contributed by atoms with Crippen molar-refractivity contribution in [3.05, 3.63) is 70.3 Å². The smallest absolute Gasteiger partial charge is 0.417 e. The van der Waals surface area contributed by atoms with Crippen LogP contribution in [0.5, 0.6) is 0 Å². The van der Waals surface area contributed by atoms with Crippen LogP contribution in [0.15, 0.2) is 52.4 Å². The van der Waals surface area contributed by atoms with Crippen LogP contribution in [0, 0.1) is 0 Å². The normalized spacial score (nSPS) is 27.0. The van der Waals surface area contributed by atoms with Gasteiger partial charge in [0, 0.05) is 0 Å². The van der Waals surface area contributed by atoms with Crippen molar-refractivity contribution in [2.24, 2.45) is 21.5 Å². The molecule has 19 heteroatoms. The van der Waals surface area contributed by atoms with Crippen molar-refractivity contribution in [2.45, 2.75) is 42.0 Å². The largest absolute Gasteiger partial charge is 0.451 e. The van der Waals surface area contributed by atoms with Crippen LogP contribution in [-0.4, -0.2) is 92.4 Å². The van der Waals surface area contributed by atoms with E-state index in [1.807, 2.05) is 0 Å². The van der Waals surface area contributed by atoms with Crippen LogP contribution in [0.2, 0.25) is 0 Å². The van der Waals surface area contributed by atoms with Crippen LogP contribution in [-0.2, 0) is 17.1 Å². The number of imide groups is 1. The number of nitrogens with zero attached hydrogens (tertiary/aromatic N) is 4. The minimum Gasteiger partial charge on any atom is -0.451 e. The third-order valence-electron chi connectivity index (χ3n) is 8.12. The lowest BCUT2D eigenvalue weighted by Gasteiger charge is -2.48. The number of carbonyl (C=O) groups is 3. The Balaban J connectivity index is 1.33. The van der Waals surface area contributed by atoms with E-state index in [1.54, 1.807) is 12.1 Å². The van der Waals surface area contributed by atoms with Crippen molar-refractivity contribution in [3.8, 4) is 0 Å². The van der Waals surface area contributed by atoms with Gasteiger partial charge in [-0.3, -0.25) is 14.5 Å². The molecule has 7 N–H and O–H groups in total. The summed E-state index contributed by atoms with van der Waals surface area (Å²) in [5.74, 6) is -7.46. The van der Waals surface area contributed by atoms with E-state index in [2.05, 4.69) is 15.3 Å². The van der Waals surface area contributed by atoms with E-state index in [-0.39, 0.29) is 29.3 Å². The van der Waals surface area contributed by atoms with Crippen molar-refractivity contribution >= 4 is 29.7 Å². The van der Waals surface area contributed by atoms with Gasteiger partial charge in [0.2, 0.25) is 5.79 Å². The topological polar surface area (TPSA) is 196 Å². The third-order valence-corrected chi connectivity index (χ3v) is 8.12. The predicted molar refractivity (Wildman–Crippen MR) is 138 cm³/mol. The van der Waals surface area contributed by atoms with Crippen molar-refractivity contribution in [3.63, 3.8) is 0 Å². The number of alkyl halides is 6. The summed E-state index contributed by atoms with van der Waals surface area (Å²) >= 11 is 0. The lowest BCUT2D eigenvalue weighted by atomic mass is 9.85. The van der Waals surface area contributed by atoms with Crippen LogP contribution in [0.1, 0.15) is 42.2 Å². The highest BCUT2D eigenvalue weighted by Gasteiger charge is 2.74. The van der Waals surface area contributed by atoms with Gasteiger partial charge in [0.05, 0.1) is 46.9 Å². The summed E-state index contributed by atoms with van der Waals surface area (Å²) < 4.78 is 85.9. The Morgan fingerprint density at radius 1 is 1.00 bits per heavy atom. The van der Waals surface area contributed by atoms with Crippen molar-refractivity contribution < 1.29 is 55.7 Å². The first-order chi connectivity index (χ1) is 20.9. The van der Waals surface area contributed by atoms with Gasteiger partial charge in [-0.25, -0.2) is 14.8 Å². The molecule has 6 rings (SSSR count). The van der Waals surface area contributed by atoms with Gasteiger partial charge in [0.1, 0.15) is 6.04 Å². The molecule has 4 heterocycles. The number of benzene rings is 2. The van der Waals surface area contributed by atoms with Crippen molar-refractivity contribution in [1.82, 2.24) is 15.1 Å². The maximum atomic E-state index is 13.6. The first-order valence-electron chi connectivity index (χ1n) is 13.0. The molecule has 1 spiro atoms. The number of carbonyl (C=O) groups excluding carboxylic acids is 3. The number of hydrogen-bond donors (Lipinski definition) is 5. The number of guanidine groups is 2. The fraction of sp³-hybridized carbons (Fsp3) is 0.346. The van der Waals surface area contributed by atoms with Gasteiger partial charge in [-0.2, -0.15) is 26.3 Å². The summed E-state index contributed by atoms with van der Waals surface area (Å²) in [6, 6.07) is 3.36. The first-order valence-corrected chi connectivity index (χ1v) is 13.0. The number of nitrogens with one attached hydrogen (secondary N) is 1. The molecule has 0 bridgehead atoms. The Morgan fingerprint density at radius 2 is 1.62 bits per heavy atom. The lowest BCUT2D eigenvalue weighted by Crippen LogP contribution is -2.77. The average molecular weight is 641 g/mol. The van der Waals surface area contributed by atoms with Crippen LogP contribution in [0.4, 0.5) is 26.3 Å². The van der Waals surface area contributed by atoms with Gasteiger partial charge in [-0.15, -0.1) is 0 Å². The molecule has 45 heavy (non-hydrogen) atoms. The van der Waals surface area contributed by atoms with Gasteiger partial charge < -0.3 is 36.6 Å². The number of esters is 1. The highest BCUT2D eigenvalue weighted by atomic mass is 19.4. The maximum Gasteiger partial charge on any atom is 0.417 e. The lowest BCUT2D eigenvalue weighted by molar-refractivity contribution is -0.256. The molecule has 1 fully saturated rings. The van der Waals surface area contributed by atoms with Crippen LogP contribution in [0.3, 0.4) is 0 Å². The zero-order valence-electron chi connectivity index (χ0n) is 22.4. The molecule has 4 atom stereocenters. The predicted octanol–water partition coefficient (Wildman–Crippen LogP) is 0.222. The highest BCUT2D eigenvalue weighted by molar-refractivity contribution is 6.21. The van der Waals surface area contributed by atoms with E-state index in [0.29, 0.717) is 0 Å². The highest BCUT2D eigenvalue weighted by Crippen LogP contribution is 2.46. The molecular formula is C26H21F6N7O6. The van der Waals surface area contributed by atoms with E-state index >= 15 is 0 Å². The summed E-state index contributed by atoms with van der Waals surface area (Å²) in [6.07, 6.45) is -12.6. The fourth-order valence-corrected chi connectivity index (χ4v) is 6.09. The standard InChI is InChI=1S/C26H21F6N7O6/c27-25(28,29)10-5-6-14(26(30,31)32)13(7-10)20(42)45-16-9-39-22(34)35-15(17-23(39,24(16,43)44)37-21(33)36-17)8-38-18(40)11-3-1-2-4-12(11)19(38)41/h1-7,15-17,43-44H,8-9H2,(H2,34,35)(H3,33,36,37)/t15?,16?,17-,23-/m0/s1. The van der Waals surface area contributed by atoms with Crippen LogP contribution < -0.4 is 16.8 Å². The average Bonchev–Trinajstić information content (AvgIpc) is 3.51. The number of aliphatic imine (C=N–C) groups is 2. The second-order valence-electron chi connectivity index (χ2n) is 10.7. The summed E-state index contributed by atoms with van der Waals surface area (Å²) in [7, 11) is 0. The van der Waals surface area contributed by atoms with Crippen molar-refractivity contribution in [1.29, 1.82) is 0 Å². The molecular weight excluding hydrogens is 620 g/mol. The number of amides is 2. The van der Waals surface area contributed by atoms with Gasteiger partial charge in [-0.1, -0.05) is 12.1 Å². The Labute approximate surface area is 247 Å². The molecule has 2 aromatic carbocycles. The van der Waals surface area contributed by atoms with Gasteiger partial charge in [0.25, 0.3) is 11.8 Å². The van der Waals surface area contributed by atoms with E-state index < -0.39 is 101 Å². The summed E-state index contributed by atoms with van der Waals surface area (Å²) in [6.45, 7) is -1.23. The monoisotopic (exact) mass is 641 g/mol. The summed E-state index contributed by atoms with van der Waals surface area (Å²) in [4.78, 5) is 49.2. The molecule has 4 aliphatic heterocycles. The summed E-state index contributed by atoms with van der Waals surface area (Å²) in [5, 5.41) is 25.5. The molecule has 0 saturated carbocycles. The molecule has 0 aromatic heterocycles. The van der Waals surface area contributed by atoms with Gasteiger partial charge in [0.15, 0.2) is 23.7 Å². The number of halogens is 6. The van der Waals surface area contributed by atoms with Gasteiger partial charge >= 0.3 is 18.3 Å². The van der Waals surface area contributed by atoms with Crippen LogP contribution in [0.25, 0.3) is 0 Å². The van der Waals surface area contributed by atoms with E-state index in [0.717, 1.165) is 9.80 Å². The van der Waals surface area contributed by atoms with Gasteiger partial charge in [-0.05, 0) is 30.3 Å². The summed E-state index contributed by atoms with van der Waals surface area (Å²) in [5.41, 5.74) is 5.04. The Kier molecular flexibility index (Phi) is 6.39. The zero-order valence-corrected chi connectivity index (χ0v) is 22.4. The maximum absolute atomic E-state index is 13.6. The molecule has 2 unspecified atom stereocenters. The molecule has 2 aromatic rings. The SMILES string of the molecule is NC1=N[C@H]2C(CN3C(=O)c4ccccc4C3=O)N=C(N)N3CC(OC(=O)c4cc(C(F)(F)F)ccc4C(F)(F)F)C(O)(O)[C@]23N1. The number of rotatable bonds is 4. The second kappa shape index (κ2) is 9.54. The number of aliphatic hydroxyl groups is 2. The number of hydrogen-bond acceptors (Lipinski definition) is 12. The Morgan fingerprint density at radius 3 is 2.20 bits per heavy atom.